The summed E-state index contributed by atoms with van der Waals surface area (Å²) in [6.45, 7) is 6.30. The van der Waals surface area contributed by atoms with Crippen molar-refractivity contribution in [3.63, 3.8) is 0 Å². The second kappa shape index (κ2) is 4.06. The van der Waals surface area contributed by atoms with Crippen LogP contribution in [0, 0.1) is 11.2 Å². The maximum absolute atomic E-state index is 13.0. The van der Waals surface area contributed by atoms with Crippen molar-refractivity contribution in [2.24, 2.45) is 5.41 Å². The molecule has 0 bridgehead atoms. The molecule has 0 spiro atoms. The summed E-state index contributed by atoms with van der Waals surface area (Å²) in [7, 11) is 0. The van der Waals surface area contributed by atoms with Crippen LogP contribution in [0.3, 0.4) is 0 Å². The van der Waals surface area contributed by atoms with Crippen molar-refractivity contribution in [3.8, 4) is 0 Å². The van der Waals surface area contributed by atoms with E-state index in [9.17, 15) is 9.50 Å². The van der Waals surface area contributed by atoms with Gasteiger partial charge in [-0.3, -0.25) is 0 Å². The topological polar surface area (TPSA) is 23.5 Å². The van der Waals surface area contributed by atoms with Gasteiger partial charge in [-0.25, -0.2) is 4.39 Å². The van der Waals surface area contributed by atoms with Gasteiger partial charge in [0.1, 0.15) is 5.82 Å². The minimum Gasteiger partial charge on any atom is -0.392 e. The average molecular weight is 223 g/mol. The van der Waals surface area contributed by atoms with Gasteiger partial charge < -0.3 is 10.0 Å². The number of benzene rings is 1. The molecule has 1 aromatic rings. The highest BCUT2D eigenvalue weighted by Gasteiger charge is 2.30. The molecule has 16 heavy (non-hydrogen) atoms. The molecule has 1 fully saturated rings. The molecular weight excluding hydrogens is 205 g/mol. The number of aliphatic hydroxyl groups excluding tert-OH is 1. The first-order chi connectivity index (χ1) is 7.52. The monoisotopic (exact) mass is 223 g/mol. The van der Waals surface area contributed by atoms with Crippen molar-refractivity contribution >= 4 is 5.69 Å². The lowest BCUT2D eigenvalue weighted by molar-refractivity contribution is 0.281. The van der Waals surface area contributed by atoms with E-state index >= 15 is 0 Å². The first kappa shape index (κ1) is 11.4. The van der Waals surface area contributed by atoms with Gasteiger partial charge in [0, 0.05) is 24.3 Å². The number of aliphatic hydroxyl groups is 1. The van der Waals surface area contributed by atoms with Gasteiger partial charge in [-0.15, -0.1) is 0 Å². The summed E-state index contributed by atoms with van der Waals surface area (Å²) in [4.78, 5) is 2.23. The largest absolute Gasteiger partial charge is 0.392 e. The van der Waals surface area contributed by atoms with Crippen molar-refractivity contribution < 1.29 is 9.50 Å². The van der Waals surface area contributed by atoms with E-state index in [1.165, 1.54) is 12.1 Å². The van der Waals surface area contributed by atoms with Crippen LogP contribution in [0.2, 0.25) is 0 Å². The molecule has 1 saturated heterocycles. The zero-order valence-electron chi connectivity index (χ0n) is 9.83. The fourth-order valence-corrected chi connectivity index (χ4v) is 2.31. The molecule has 3 heteroatoms. The Morgan fingerprint density at radius 1 is 1.44 bits per heavy atom. The van der Waals surface area contributed by atoms with Crippen molar-refractivity contribution in [1.29, 1.82) is 0 Å². The Morgan fingerprint density at radius 3 is 2.75 bits per heavy atom. The van der Waals surface area contributed by atoms with Crippen LogP contribution in [0.4, 0.5) is 10.1 Å². The summed E-state index contributed by atoms with van der Waals surface area (Å²) in [6, 6.07) is 4.64. The Morgan fingerprint density at radius 2 is 2.19 bits per heavy atom. The molecule has 1 heterocycles. The van der Waals surface area contributed by atoms with E-state index in [0.717, 1.165) is 25.2 Å². The SMILES string of the molecule is CC1(C)CCN(c2ccc(F)cc2CO)C1. The van der Waals surface area contributed by atoms with Crippen LogP contribution in [0.15, 0.2) is 18.2 Å². The molecule has 1 aliphatic heterocycles. The Bertz CT molecular complexity index is 390. The van der Waals surface area contributed by atoms with Crippen LogP contribution in [0.25, 0.3) is 0 Å². The fourth-order valence-electron chi connectivity index (χ4n) is 2.31. The quantitative estimate of drug-likeness (QED) is 0.833. The van der Waals surface area contributed by atoms with Crippen LogP contribution in [-0.4, -0.2) is 18.2 Å². The Labute approximate surface area is 95.7 Å². The number of hydrogen-bond donors (Lipinski definition) is 1. The van der Waals surface area contributed by atoms with Gasteiger partial charge in [0.15, 0.2) is 0 Å². The van der Waals surface area contributed by atoms with E-state index in [0.29, 0.717) is 11.0 Å². The molecular formula is C13H18FNO. The highest BCUT2D eigenvalue weighted by atomic mass is 19.1. The second-order valence-electron chi connectivity index (χ2n) is 5.27. The molecule has 1 N–H and O–H groups in total. The third kappa shape index (κ3) is 2.19. The van der Waals surface area contributed by atoms with Crippen LogP contribution < -0.4 is 4.90 Å². The third-order valence-corrected chi connectivity index (χ3v) is 3.23. The van der Waals surface area contributed by atoms with Gasteiger partial charge in [-0.05, 0) is 30.0 Å². The summed E-state index contributed by atoms with van der Waals surface area (Å²) in [5.74, 6) is -0.286. The van der Waals surface area contributed by atoms with Crippen LogP contribution in [-0.2, 0) is 6.61 Å². The Balaban J connectivity index is 2.27. The van der Waals surface area contributed by atoms with Gasteiger partial charge in [-0.2, -0.15) is 0 Å². The van der Waals surface area contributed by atoms with Gasteiger partial charge in [0.05, 0.1) is 6.61 Å². The summed E-state index contributed by atoms with van der Waals surface area (Å²) in [6.07, 6.45) is 1.13. The first-order valence-electron chi connectivity index (χ1n) is 5.66. The minimum absolute atomic E-state index is 0.107. The molecule has 0 aromatic heterocycles. The van der Waals surface area contributed by atoms with E-state index in [1.54, 1.807) is 6.07 Å². The lowest BCUT2D eigenvalue weighted by Gasteiger charge is -2.23. The van der Waals surface area contributed by atoms with Gasteiger partial charge in [0.2, 0.25) is 0 Å². The smallest absolute Gasteiger partial charge is 0.123 e. The standard InChI is InChI=1S/C13H18FNO/c1-13(2)5-6-15(9-13)12-4-3-11(14)7-10(12)8-16/h3-4,7,16H,5-6,8-9H2,1-2H3. The van der Waals surface area contributed by atoms with Crippen molar-refractivity contribution in [3.05, 3.63) is 29.6 Å². The second-order valence-corrected chi connectivity index (χ2v) is 5.27. The number of nitrogens with zero attached hydrogens (tertiary/aromatic N) is 1. The summed E-state index contributed by atoms with van der Waals surface area (Å²) >= 11 is 0. The molecule has 1 aromatic carbocycles. The lowest BCUT2D eigenvalue weighted by Crippen LogP contribution is -2.23. The molecule has 0 radical (unpaired) electrons. The normalized spacial score (nSPS) is 19.1. The summed E-state index contributed by atoms with van der Waals surface area (Å²) in [5, 5.41) is 9.24. The van der Waals surface area contributed by atoms with E-state index < -0.39 is 0 Å². The molecule has 0 unspecified atom stereocenters. The molecule has 0 saturated carbocycles. The Hall–Kier alpha value is -1.09. The van der Waals surface area contributed by atoms with Crippen molar-refractivity contribution in [1.82, 2.24) is 0 Å². The Kier molecular flexibility index (Phi) is 2.89. The van der Waals surface area contributed by atoms with Crippen LogP contribution in [0.5, 0.6) is 0 Å². The number of hydrogen-bond acceptors (Lipinski definition) is 2. The van der Waals surface area contributed by atoms with Gasteiger partial charge >= 0.3 is 0 Å². The molecule has 88 valence electrons. The average Bonchev–Trinajstić information content (AvgIpc) is 2.58. The van der Waals surface area contributed by atoms with Crippen LogP contribution in [0.1, 0.15) is 25.8 Å². The molecule has 1 aliphatic rings. The highest BCUT2D eigenvalue weighted by Crippen LogP contribution is 2.34. The summed E-state index contributed by atoms with van der Waals surface area (Å²) in [5.41, 5.74) is 1.95. The van der Waals surface area contributed by atoms with Gasteiger partial charge in [-0.1, -0.05) is 13.8 Å². The number of anilines is 1. The van der Waals surface area contributed by atoms with Crippen molar-refractivity contribution in [2.75, 3.05) is 18.0 Å². The van der Waals surface area contributed by atoms with Crippen LogP contribution >= 0.6 is 0 Å². The van der Waals surface area contributed by atoms with E-state index in [4.69, 9.17) is 0 Å². The molecule has 0 aliphatic carbocycles. The predicted octanol–water partition coefficient (Wildman–Crippen LogP) is 2.55. The molecule has 0 atom stereocenters. The van der Waals surface area contributed by atoms with E-state index in [1.807, 2.05) is 0 Å². The van der Waals surface area contributed by atoms with E-state index in [-0.39, 0.29) is 12.4 Å². The number of rotatable bonds is 2. The minimum atomic E-state index is -0.286. The van der Waals surface area contributed by atoms with E-state index in [2.05, 4.69) is 18.7 Å². The van der Waals surface area contributed by atoms with Gasteiger partial charge in [0.25, 0.3) is 0 Å². The maximum atomic E-state index is 13.0. The lowest BCUT2D eigenvalue weighted by atomic mass is 9.93. The molecule has 2 rings (SSSR count). The zero-order valence-corrected chi connectivity index (χ0v) is 9.83. The number of halogens is 1. The summed E-state index contributed by atoms with van der Waals surface area (Å²) < 4.78 is 13.0. The first-order valence-corrected chi connectivity index (χ1v) is 5.66. The predicted molar refractivity (Wildman–Crippen MR) is 62.9 cm³/mol. The van der Waals surface area contributed by atoms with Crippen molar-refractivity contribution in [2.45, 2.75) is 26.9 Å². The molecule has 2 nitrogen and oxygen atoms in total. The maximum Gasteiger partial charge on any atom is 0.123 e. The zero-order chi connectivity index (χ0) is 11.8. The fraction of sp³-hybridized carbons (Fsp3) is 0.538. The molecule has 0 amide bonds. The highest BCUT2D eigenvalue weighted by molar-refractivity contribution is 5.54. The third-order valence-electron chi connectivity index (χ3n) is 3.23.